The van der Waals surface area contributed by atoms with Crippen LogP contribution < -0.4 is 0 Å². The van der Waals surface area contributed by atoms with Gasteiger partial charge in [0.1, 0.15) is 0 Å². The number of hydrogen-bond donors (Lipinski definition) is 0. The van der Waals surface area contributed by atoms with Crippen molar-refractivity contribution in [2.45, 2.75) is 13.8 Å². The number of rotatable bonds is 3. The van der Waals surface area contributed by atoms with Crippen molar-refractivity contribution in [3.05, 3.63) is 68.6 Å². The molecule has 0 atom stereocenters. The van der Waals surface area contributed by atoms with Crippen molar-refractivity contribution in [1.82, 2.24) is 0 Å². The first-order valence-corrected chi connectivity index (χ1v) is 7.75. The maximum absolute atomic E-state index is 4.31. The lowest BCUT2D eigenvalue weighted by Crippen LogP contribution is -1.97. The second-order valence-electron chi connectivity index (χ2n) is 4.39. The van der Waals surface area contributed by atoms with Crippen molar-refractivity contribution < 1.29 is 0 Å². The van der Waals surface area contributed by atoms with Crippen LogP contribution in [0.25, 0.3) is 0 Å². The standard InChI is InChI=1S/C16H14Br2N2/c1-11(13-5-3-7-15(17)9-13)19-20-12(2)14-6-4-8-16(18)10-14/h3-10H,1-2H3/b19-11+,20-12?. The summed E-state index contributed by atoms with van der Waals surface area (Å²) in [4.78, 5) is 0. The van der Waals surface area contributed by atoms with Gasteiger partial charge in [0.05, 0.1) is 11.4 Å². The highest BCUT2D eigenvalue weighted by atomic mass is 79.9. The fraction of sp³-hybridized carbons (Fsp3) is 0.125. The minimum Gasteiger partial charge on any atom is -0.155 e. The first-order valence-electron chi connectivity index (χ1n) is 6.17. The third-order valence-corrected chi connectivity index (χ3v) is 3.82. The zero-order valence-electron chi connectivity index (χ0n) is 11.3. The topological polar surface area (TPSA) is 24.7 Å². The Morgan fingerprint density at radius 1 is 0.750 bits per heavy atom. The second kappa shape index (κ2) is 6.95. The zero-order chi connectivity index (χ0) is 14.5. The van der Waals surface area contributed by atoms with Gasteiger partial charge < -0.3 is 0 Å². The maximum atomic E-state index is 4.31. The molecule has 4 heteroatoms. The lowest BCUT2D eigenvalue weighted by molar-refractivity contribution is 1.22. The average Bonchev–Trinajstić information content (AvgIpc) is 2.44. The van der Waals surface area contributed by atoms with Gasteiger partial charge in [-0.15, -0.1) is 0 Å². The van der Waals surface area contributed by atoms with Crippen LogP contribution in [0.1, 0.15) is 25.0 Å². The Labute approximate surface area is 135 Å². The Balaban J connectivity index is 2.24. The summed E-state index contributed by atoms with van der Waals surface area (Å²) in [6, 6.07) is 16.1. The lowest BCUT2D eigenvalue weighted by Gasteiger charge is -2.01. The summed E-state index contributed by atoms with van der Waals surface area (Å²) in [6.07, 6.45) is 0. The van der Waals surface area contributed by atoms with Crippen LogP contribution in [0.5, 0.6) is 0 Å². The van der Waals surface area contributed by atoms with Gasteiger partial charge in [-0.25, -0.2) is 0 Å². The molecule has 0 aromatic heterocycles. The van der Waals surface area contributed by atoms with Crippen LogP contribution in [0.3, 0.4) is 0 Å². The van der Waals surface area contributed by atoms with Gasteiger partial charge >= 0.3 is 0 Å². The van der Waals surface area contributed by atoms with Gasteiger partial charge in [0, 0.05) is 8.95 Å². The van der Waals surface area contributed by atoms with E-state index in [1.165, 1.54) is 0 Å². The fourth-order valence-corrected chi connectivity index (χ4v) is 2.49. The van der Waals surface area contributed by atoms with Crippen molar-refractivity contribution in [1.29, 1.82) is 0 Å². The van der Waals surface area contributed by atoms with Crippen molar-refractivity contribution in [2.24, 2.45) is 10.2 Å². The van der Waals surface area contributed by atoms with Crippen LogP contribution in [0.2, 0.25) is 0 Å². The van der Waals surface area contributed by atoms with Crippen LogP contribution in [0.4, 0.5) is 0 Å². The Morgan fingerprint density at radius 2 is 1.15 bits per heavy atom. The van der Waals surface area contributed by atoms with Crippen molar-refractivity contribution in [3.63, 3.8) is 0 Å². The smallest absolute Gasteiger partial charge is 0.0672 e. The summed E-state index contributed by atoms with van der Waals surface area (Å²) in [5, 5.41) is 8.62. The predicted molar refractivity (Wildman–Crippen MR) is 92.7 cm³/mol. The van der Waals surface area contributed by atoms with Crippen molar-refractivity contribution in [3.8, 4) is 0 Å². The summed E-state index contributed by atoms with van der Waals surface area (Å²) in [6.45, 7) is 3.92. The molecule has 0 aliphatic rings. The quantitative estimate of drug-likeness (QED) is 0.489. The molecule has 102 valence electrons. The summed E-state index contributed by atoms with van der Waals surface area (Å²) in [5.74, 6) is 0. The molecule has 2 rings (SSSR count). The van der Waals surface area contributed by atoms with E-state index in [1.807, 2.05) is 62.4 Å². The fourth-order valence-electron chi connectivity index (χ4n) is 1.69. The summed E-state index contributed by atoms with van der Waals surface area (Å²) >= 11 is 6.92. The number of benzene rings is 2. The second-order valence-corrected chi connectivity index (χ2v) is 6.22. The van der Waals surface area contributed by atoms with E-state index in [9.17, 15) is 0 Å². The number of hydrogen-bond acceptors (Lipinski definition) is 2. The minimum absolute atomic E-state index is 0.889. The monoisotopic (exact) mass is 392 g/mol. The molecule has 0 fully saturated rings. The molecule has 0 unspecified atom stereocenters. The third kappa shape index (κ3) is 4.12. The Hall–Kier alpha value is -1.26. The molecule has 2 nitrogen and oxygen atoms in total. The highest BCUT2D eigenvalue weighted by Gasteiger charge is 2.00. The molecule has 0 saturated heterocycles. The Morgan fingerprint density at radius 3 is 1.50 bits per heavy atom. The van der Waals surface area contributed by atoms with Crippen LogP contribution in [0.15, 0.2) is 67.7 Å². The van der Waals surface area contributed by atoms with E-state index in [2.05, 4.69) is 42.1 Å². The molecule has 0 aliphatic carbocycles. The largest absolute Gasteiger partial charge is 0.155 e. The van der Waals surface area contributed by atoms with Gasteiger partial charge in [-0.05, 0) is 49.2 Å². The zero-order valence-corrected chi connectivity index (χ0v) is 14.4. The van der Waals surface area contributed by atoms with E-state index < -0.39 is 0 Å². The normalized spacial score (nSPS) is 12.6. The van der Waals surface area contributed by atoms with Crippen LogP contribution in [-0.4, -0.2) is 11.4 Å². The third-order valence-electron chi connectivity index (χ3n) is 2.83. The minimum atomic E-state index is 0.889. The molecular weight excluding hydrogens is 380 g/mol. The first kappa shape index (κ1) is 15.1. The Bertz CT molecular complexity index is 616. The SMILES string of the molecule is CC(=N/N=C(\C)c1cccc(Br)c1)c1cccc(Br)c1. The van der Waals surface area contributed by atoms with E-state index in [4.69, 9.17) is 0 Å². The van der Waals surface area contributed by atoms with Gasteiger partial charge in [0.25, 0.3) is 0 Å². The van der Waals surface area contributed by atoms with E-state index in [0.29, 0.717) is 0 Å². The molecule has 0 heterocycles. The molecule has 0 N–H and O–H groups in total. The predicted octanol–water partition coefficient (Wildman–Crippen LogP) is 5.44. The average molecular weight is 394 g/mol. The maximum Gasteiger partial charge on any atom is 0.0672 e. The van der Waals surface area contributed by atoms with E-state index in [1.54, 1.807) is 0 Å². The van der Waals surface area contributed by atoms with Crippen molar-refractivity contribution >= 4 is 43.3 Å². The molecule has 0 amide bonds. The summed E-state index contributed by atoms with van der Waals surface area (Å²) < 4.78 is 2.08. The summed E-state index contributed by atoms with van der Waals surface area (Å²) in [5.41, 5.74) is 3.90. The van der Waals surface area contributed by atoms with Gasteiger partial charge in [-0.3, -0.25) is 0 Å². The molecule has 2 aromatic carbocycles. The molecule has 0 spiro atoms. The van der Waals surface area contributed by atoms with Gasteiger partial charge in [-0.1, -0.05) is 56.1 Å². The van der Waals surface area contributed by atoms with Crippen LogP contribution >= 0.6 is 31.9 Å². The van der Waals surface area contributed by atoms with E-state index >= 15 is 0 Å². The van der Waals surface area contributed by atoms with Crippen LogP contribution in [0, 0.1) is 0 Å². The van der Waals surface area contributed by atoms with E-state index in [-0.39, 0.29) is 0 Å². The number of nitrogens with zero attached hydrogens (tertiary/aromatic N) is 2. The molecule has 20 heavy (non-hydrogen) atoms. The molecule has 0 saturated carbocycles. The van der Waals surface area contributed by atoms with Crippen molar-refractivity contribution in [2.75, 3.05) is 0 Å². The van der Waals surface area contributed by atoms with Crippen LogP contribution in [-0.2, 0) is 0 Å². The number of halogens is 2. The highest BCUT2D eigenvalue weighted by Crippen LogP contribution is 2.14. The van der Waals surface area contributed by atoms with Gasteiger partial charge in [0.2, 0.25) is 0 Å². The molecule has 2 aromatic rings. The molecule has 0 radical (unpaired) electrons. The molecule has 0 bridgehead atoms. The highest BCUT2D eigenvalue weighted by molar-refractivity contribution is 9.10. The molecular formula is C16H14Br2N2. The summed E-state index contributed by atoms with van der Waals surface area (Å²) in [7, 11) is 0. The van der Waals surface area contributed by atoms with E-state index in [0.717, 1.165) is 31.5 Å². The molecule has 0 aliphatic heterocycles. The first-order chi connectivity index (χ1) is 9.56. The lowest BCUT2D eigenvalue weighted by atomic mass is 10.1. The Kier molecular flexibility index (Phi) is 5.26. The van der Waals surface area contributed by atoms with Gasteiger partial charge in [-0.2, -0.15) is 10.2 Å². The van der Waals surface area contributed by atoms with Gasteiger partial charge in [0.15, 0.2) is 0 Å².